The van der Waals surface area contributed by atoms with Crippen LogP contribution in [0.4, 0.5) is 0 Å². The van der Waals surface area contributed by atoms with E-state index in [2.05, 4.69) is 52.6 Å². The van der Waals surface area contributed by atoms with Crippen LogP contribution in [0.2, 0.25) is 0 Å². The van der Waals surface area contributed by atoms with E-state index in [1.165, 1.54) is 23.4 Å². The first kappa shape index (κ1) is 10.7. The van der Waals surface area contributed by atoms with E-state index in [0.717, 1.165) is 0 Å². The van der Waals surface area contributed by atoms with Crippen molar-refractivity contribution in [2.45, 2.75) is 24.2 Å². The third-order valence-electron chi connectivity index (χ3n) is 0.988. The van der Waals surface area contributed by atoms with Gasteiger partial charge in [-0.3, -0.25) is 0 Å². The molecule has 0 aliphatic heterocycles. The van der Waals surface area contributed by atoms with Crippen LogP contribution in [-0.4, -0.2) is 26.9 Å². The van der Waals surface area contributed by atoms with Crippen molar-refractivity contribution < 1.29 is 3.02 Å². The minimum absolute atomic E-state index is 0.0698. The summed E-state index contributed by atoms with van der Waals surface area (Å²) in [6.45, 7) is 6.27. The Hall–Kier alpha value is 1.74. The first-order valence-corrected chi connectivity index (χ1v) is 5.14. The molecule has 0 heterocycles. The zero-order valence-corrected chi connectivity index (χ0v) is 11.3. The van der Waals surface area contributed by atoms with Gasteiger partial charge in [-0.2, -0.15) is 0 Å². The third kappa shape index (κ3) is 3.09. The first-order chi connectivity index (χ1) is 3.81. The van der Waals surface area contributed by atoms with Gasteiger partial charge in [-0.15, -0.1) is 0 Å². The summed E-state index contributed by atoms with van der Waals surface area (Å²) in [7, 11) is 0. The molecule has 4 heteroatoms. The SMILES string of the molecule is CC(C)(C)C(Br)(Br)[O][Sb]. The van der Waals surface area contributed by atoms with Crippen LogP contribution in [0.3, 0.4) is 0 Å². The van der Waals surface area contributed by atoms with E-state index in [4.69, 9.17) is 3.02 Å². The fourth-order valence-corrected chi connectivity index (χ4v) is 0.919. The van der Waals surface area contributed by atoms with Crippen LogP contribution in [0.15, 0.2) is 0 Å². The molecular weight excluding hydrogens is 358 g/mol. The molecule has 0 saturated heterocycles. The van der Waals surface area contributed by atoms with Crippen molar-refractivity contribution in [2.24, 2.45) is 5.41 Å². The van der Waals surface area contributed by atoms with Crippen molar-refractivity contribution in [3.63, 3.8) is 0 Å². The molecule has 0 saturated carbocycles. The van der Waals surface area contributed by atoms with Gasteiger partial charge in [0.2, 0.25) is 0 Å². The zero-order valence-electron chi connectivity index (χ0n) is 5.61. The van der Waals surface area contributed by atoms with Gasteiger partial charge in [-0.05, 0) is 0 Å². The predicted molar refractivity (Wildman–Crippen MR) is 46.9 cm³/mol. The molecule has 0 aromatic rings. The van der Waals surface area contributed by atoms with Gasteiger partial charge in [0.1, 0.15) is 0 Å². The fourth-order valence-electron chi connectivity index (χ4n) is 0.137. The molecule has 9 heavy (non-hydrogen) atoms. The summed E-state index contributed by atoms with van der Waals surface area (Å²) in [5.74, 6) is 0. The molecular formula is C5H9Br2OSb. The quantitative estimate of drug-likeness (QED) is 0.512. The molecule has 0 unspecified atom stereocenters. The molecule has 0 amide bonds. The second-order valence-electron chi connectivity index (χ2n) is 2.86. The Kier molecular flexibility index (Phi) is 4.08. The predicted octanol–water partition coefficient (Wildman–Crippen LogP) is 2.58. The Labute approximate surface area is 87.2 Å². The Morgan fingerprint density at radius 2 is 1.56 bits per heavy atom. The Bertz CT molecular complexity index is 97.6. The average molecular weight is 367 g/mol. The molecule has 2 radical (unpaired) electrons. The molecule has 0 bridgehead atoms. The minimum atomic E-state index is -0.374. The second kappa shape index (κ2) is 3.42. The topological polar surface area (TPSA) is 9.23 Å². The summed E-state index contributed by atoms with van der Waals surface area (Å²) in [4.78, 5) is 0. The molecule has 0 N–H and O–H groups in total. The van der Waals surface area contributed by atoms with Crippen LogP contribution in [0.25, 0.3) is 0 Å². The van der Waals surface area contributed by atoms with Crippen LogP contribution in [0, 0.1) is 5.41 Å². The zero-order chi connectivity index (χ0) is 7.71. The molecule has 1 nitrogen and oxygen atoms in total. The summed E-state index contributed by atoms with van der Waals surface area (Å²) in [5, 5.41) is 0. The van der Waals surface area contributed by atoms with Gasteiger partial charge < -0.3 is 0 Å². The van der Waals surface area contributed by atoms with Crippen molar-refractivity contribution in [1.82, 2.24) is 0 Å². The number of alkyl halides is 2. The van der Waals surface area contributed by atoms with E-state index in [-0.39, 0.29) is 8.83 Å². The van der Waals surface area contributed by atoms with E-state index < -0.39 is 0 Å². The van der Waals surface area contributed by atoms with E-state index >= 15 is 0 Å². The van der Waals surface area contributed by atoms with Gasteiger partial charge in [-0.1, -0.05) is 0 Å². The van der Waals surface area contributed by atoms with E-state index in [1.807, 2.05) is 0 Å². The summed E-state index contributed by atoms with van der Waals surface area (Å²) in [5.41, 5.74) is 0.0698. The van der Waals surface area contributed by atoms with Crippen molar-refractivity contribution in [2.75, 3.05) is 0 Å². The fraction of sp³-hybridized carbons (Fsp3) is 1.00. The molecule has 0 aliphatic rings. The van der Waals surface area contributed by atoms with Crippen LogP contribution in [-0.2, 0) is 3.02 Å². The van der Waals surface area contributed by atoms with Gasteiger partial charge in [0.05, 0.1) is 0 Å². The van der Waals surface area contributed by atoms with Gasteiger partial charge in [-0.25, -0.2) is 0 Å². The van der Waals surface area contributed by atoms with Gasteiger partial charge in [0, 0.05) is 0 Å². The normalized spacial score (nSPS) is 14.0. The molecule has 0 atom stereocenters. The summed E-state index contributed by atoms with van der Waals surface area (Å²) >= 11 is 8.14. The van der Waals surface area contributed by atoms with Crippen molar-refractivity contribution in [1.29, 1.82) is 0 Å². The molecule has 0 aromatic heterocycles. The third-order valence-corrected chi connectivity index (χ3v) is 5.96. The van der Waals surface area contributed by atoms with Gasteiger partial charge in [0.25, 0.3) is 0 Å². The maximum absolute atomic E-state index is 5.19. The molecule has 0 aliphatic carbocycles. The Balaban J connectivity index is 4.14. The van der Waals surface area contributed by atoms with Crippen LogP contribution in [0.1, 0.15) is 20.8 Å². The summed E-state index contributed by atoms with van der Waals surface area (Å²) in [6.07, 6.45) is 0. The van der Waals surface area contributed by atoms with Crippen molar-refractivity contribution in [3.05, 3.63) is 0 Å². The number of rotatable bonds is 1. The second-order valence-corrected chi connectivity index (χ2v) is 6.68. The average Bonchev–Trinajstić information content (AvgIpc) is 1.64. The summed E-state index contributed by atoms with van der Waals surface area (Å²) < 4.78 is 4.81. The molecule has 0 fully saturated rings. The maximum atomic E-state index is 5.19. The Morgan fingerprint density at radius 3 is 1.56 bits per heavy atom. The number of halogens is 2. The van der Waals surface area contributed by atoms with Crippen molar-refractivity contribution in [3.8, 4) is 0 Å². The Morgan fingerprint density at radius 1 is 1.22 bits per heavy atom. The first-order valence-electron chi connectivity index (χ1n) is 2.51. The monoisotopic (exact) mass is 364 g/mol. The number of hydrogen-bond donors (Lipinski definition) is 0. The van der Waals surface area contributed by atoms with Gasteiger partial charge >= 0.3 is 87.9 Å². The van der Waals surface area contributed by atoms with Gasteiger partial charge in [0.15, 0.2) is 0 Å². The van der Waals surface area contributed by atoms with Crippen LogP contribution < -0.4 is 0 Å². The van der Waals surface area contributed by atoms with Crippen molar-refractivity contribution >= 4 is 55.3 Å². The molecule has 54 valence electrons. The van der Waals surface area contributed by atoms with E-state index in [9.17, 15) is 0 Å². The van der Waals surface area contributed by atoms with Crippen LogP contribution in [0.5, 0.6) is 0 Å². The molecule has 0 aromatic carbocycles. The number of hydrogen-bond acceptors (Lipinski definition) is 1. The standard InChI is InChI=1S/C5H9Br2O.Sb/c1-4(2,3)5(6,7)8;/h1-3H3;/q-1;+1. The molecule has 0 rings (SSSR count). The van der Waals surface area contributed by atoms with Crippen LogP contribution >= 0.6 is 31.9 Å². The van der Waals surface area contributed by atoms with E-state index in [1.54, 1.807) is 0 Å². The van der Waals surface area contributed by atoms with E-state index in [0.29, 0.717) is 0 Å². The molecule has 0 spiro atoms. The summed E-state index contributed by atoms with van der Waals surface area (Å²) in [6, 6.07) is 0.